The van der Waals surface area contributed by atoms with Gasteiger partial charge in [-0.25, -0.2) is 8.42 Å². The minimum atomic E-state index is -3.98. The maximum absolute atomic E-state index is 13.3. The third kappa shape index (κ3) is 4.25. The van der Waals surface area contributed by atoms with E-state index in [0.717, 1.165) is 0 Å². The van der Waals surface area contributed by atoms with Crippen LogP contribution in [0.2, 0.25) is 0 Å². The Bertz CT molecular complexity index is 990. The van der Waals surface area contributed by atoms with Gasteiger partial charge in [0.2, 0.25) is 0 Å². The van der Waals surface area contributed by atoms with E-state index in [2.05, 4.69) is 4.72 Å². The molecule has 1 aliphatic heterocycles. The third-order valence-electron chi connectivity index (χ3n) is 5.12. The summed E-state index contributed by atoms with van der Waals surface area (Å²) in [6.07, 6.45) is 0. The first-order valence-corrected chi connectivity index (χ1v) is 11.0. The Balaban J connectivity index is 1.97. The number of anilines is 1. The van der Waals surface area contributed by atoms with Crippen LogP contribution in [0.1, 0.15) is 28.7 Å². The number of hydrogen-bond acceptors (Lipinski definition) is 5. The van der Waals surface area contributed by atoms with E-state index in [1.165, 1.54) is 0 Å². The summed E-state index contributed by atoms with van der Waals surface area (Å²) in [5, 5.41) is 0. The number of hydrogen-bond donors (Lipinski definition) is 1. The summed E-state index contributed by atoms with van der Waals surface area (Å²) in [7, 11) is -2.21. The second-order valence-electron chi connectivity index (χ2n) is 6.90. The smallest absolute Gasteiger partial charge is 0.264 e. The predicted octanol–water partition coefficient (Wildman–Crippen LogP) is 2.31. The van der Waals surface area contributed by atoms with Crippen LogP contribution in [0.3, 0.4) is 0 Å². The van der Waals surface area contributed by atoms with Gasteiger partial charge in [0.05, 0.1) is 25.4 Å². The van der Waals surface area contributed by atoms with Gasteiger partial charge in [-0.3, -0.25) is 9.52 Å². The number of carbonyl (C=O) groups is 1. The van der Waals surface area contributed by atoms with Crippen molar-refractivity contribution in [3.8, 4) is 5.75 Å². The van der Waals surface area contributed by atoms with Gasteiger partial charge in [-0.1, -0.05) is 0 Å². The summed E-state index contributed by atoms with van der Waals surface area (Å²) in [6.45, 7) is 7.65. The number of rotatable bonds is 6. The van der Waals surface area contributed by atoms with E-state index in [1.54, 1.807) is 54.6 Å². The number of nitrogens with one attached hydrogen (secondary N) is 1. The highest BCUT2D eigenvalue weighted by molar-refractivity contribution is 7.92. The van der Waals surface area contributed by atoms with Crippen LogP contribution >= 0.6 is 0 Å². The van der Waals surface area contributed by atoms with Crippen molar-refractivity contribution in [3.63, 3.8) is 0 Å². The molecule has 29 heavy (non-hydrogen) atoms. The first-order chi connectivity index (χ1) is 13.8. The maximum atomic E-state index is 13.3. The number of sulfonamides is 1. The van der Waals surface area contributed by atoms with E-state index >= 15 is 0 Å². The molecule has 0 aliphatic carbocycles. The zero-order valence-electron chi connectivity index (χ0n) is 17.2. The molecule has 0 saturated carbocycles. The Morgan fingerprint density at radius 2 is 1.76 bits per heavy atom. The maximum Gasteiger partial charge on any atom is 0.264 e. The van der Waals surface area contributed by atoms with Crippen molar-refractivity contribution in [2.75, 3.05) is 37.6 Å². The number of morpholine rings is 1. The zero-order valence-corrected chi connectivity index (χ0v) is 18.0. The Labute approximate surface area is 171 Å². The molecule has 1 saturated heterocycles. The lowest BCUT2D eigenvalue weighted by atomic mass is 10.2. The molecule has 9 heteroatoms. The number of nitrogens with zero attached hydrogens (tertiary/aromatic N) is 2. The third-order valence-corrected chi connectivity index (χ3v) is 6.66. The molecule has 2 heterocycles. The number of ether oxygens (including phenoxy) is 2. The second-order valence-corrected chi connectivity index (χ2v) is 8.52. The normalized spacial score (nSPS) is 14.7. The van der Waals surface area contributed by atoms with Crippen LogP contribution in [0.5, 0.6) is 5.75 Å². The molecule has 158 valence electrons. The topological polar surface area (TPSA) is 89.9 Å². The molecule has 0 spiro atoms. The van der Waals surface area contributed by atoms with E-state index in [9.17, 15) is 13.2 Å². The van der Waals surface area contributed by atoms with E-state index in [0.29, 0.717) is 55.7 Å². The molecule has 1 N–H and O–H groups in total. The Morgan fingerprint density at radius 1 is 1.14 bits per heavy atom. The molecule has 0 radical (unpaired) electrons. The van der Waals surface area contributed by atoms with Gasteiger partial charge in [-0.05, 0) is 45.0 Å². The molecule has 0 atom stereocenters. The quantitative estimate of drug-likeness (QED) is 0.773. The van der Waals surface area contributed by atoms with E-state index in [1.807, 2.05) is 6.92 Å². The van der Waals surface area contributed by atoms with Gasteiger partial charge in [0, 0.05) is 37.2 Å². The van der Waals surface area contributed by atoms with Crippen molar-refractivity contribution in [1.29, 1.82) is 0 Å². The van der Waals surface area contributed by atoms with Crippen molar-refractivity contribution in [2.45, 2.75) is 25.7 Å². The van der Waals surface area contributed by atoms with Gasteiger partial charge in [-0.15, -0.1) is 0 Å². The fraction of sp³-hybridized carbons (Fsp3) is 0.450. The van der Waals surface area contributed by atoms with E-state index in [4.69, 9.17) is 9.47 Å². The lowest BCUT2D eigenvalue weighted by Crippen LogP contribution is -2.41. The standard InChI is InChI=1S/C20H27N3O5S/c1-5-28-17-8-6-16(7-9-17)21-29(25,26)19-15(3)22(4)14(2)18(19)20(24)23-10-12-27-13-11-23/h6-9,21H,5,10-13H2,1-4H3. The van der Waals surface area contributed by atoms with E-state index < -0.39 is 10.0 Å². The molecule has 0 bridgehead atoms. The molecule has 1 aliphatic rings. The van der Waals surface area contributed by atoms with Gasteiger partial charge in [0.15, 0.2) is 0 Å². The number of amides is 1. The molecule has 2 aromatic rings. The lowest BCUT2D eigenvalue weighted by Gasteiger charge is -2.27. The van der Waals surface area contributed by atoms with Gasteiger partial charge in [0.25, 0.3) is 15.9 Å². The average molecular weight is 422 g/mol. The van der Waals surface area contributed by atoms with Crippen LogP contribution in [-0.2, 0) is 21.8 Å². The summed E-state index contributed by atoms with van der Waals surface area (Å²) in [5.41, 5.74) is 1.74. The summed E-state index contributed by atoms with van der Waals surface area (Å²) in [6, 6.07) is 6.67. The first kappa shape index (κ1) is 21.2. The zero-order chi connectivity index (χ0) is 21.2. The van der Waals surface area contributed by atoms with Gasteiger partial charge >= 0.3 is 0 Å². The van der Waals surface area contributed by atoms with Gasteiger partial charge in [-0.2, -0.15) is 0 Å². The average Bonchev–Trinajstić information content (AvgIpc) is 2.94. The Morgan fingerprint density at radius 3 is 2.34 bits per heavy atom. The molecule has 3 rings (SSSR count). The highest BCUT2D eigenvalue weighted by Crippen LogP contribution is 2.30. The molecular weight excluding hydrogens is 394 g/mol. The Hall–Kier alpha value is -2.52. The van der Waals surface area contributed by atoms with Crippen molar-refractivity contribution in [1.82, 2.24) is 9.47 Å². The highest BCUT2D eigenvalue weighted by Gasteiger charge is 2.33. The summed E-state index contributed by atoms with van der Waals surface area (Å²) in [5.74, 6) is 0.368. The van der Waals surface area contributed by atoms with Crippen molar-refractivity contribution in [3.05, 3.63) is 41.2 Å². The fourth-order valence-corrected chi connectivity index (χ4v) is 4.99. The van der Waals surface area contributed by atoms with Crippen LogP contribution in [-0.4, -0.2) is 56.7 Å². The number of carbonyl (C=O) groups excluding carboxylic acids is 1. The minimum absolute atomic E-state index is 0.0166. The van der Waals surface area contributed by atoms with Crippen molar-refractivity contribution >= 4 is 21.6 Å². The molecule has 1 aromatic carbocycles. The summed E-state index contributed by atoms with van der Waals surface area (Å²) < 4.78 is 41.5. The van der Waals surface area contributed by atoms with Crippen LogP contribution in [0.4, 0.5) is 5.69 Å². The lowest BCUT2D eigenvalue weighted by molar-refractivity contribution is 0.0300. The molecule has 1 fully saturated rings. The second kappa shape index (κ2) is 8.46. The minimum Gasteiger partial charge on any atom is -0.494 e. The number of aromatic nitrogens is 1. The summed E-state index contributed by atoms with van der Waals surface area (Å²) in [4.78, 5) is 14.8. The van der Waals surface area contributed by atoms with E-state index in [-0.39, 0.29) is 16.4 Å². The van der Waals surface area contributed by atoms with Gasteiger partial charge < -0.3 is 18.9 Å². The number of benzene rings is 1. The van der Waals surface area contributed by atoms with Crippen LogP contribution in [0.15, 0.2) is 29.2 Å². The highest BCUT2D eigenvalue weighted by atomic mass is 32.2. The van der Waals surface area contributed by atoms with Crippen LogP contribution in [0, 0.1) is 13.8 Å². The van der Waals surface area contributed by atoms with Crippen LogP contribution < -0.4 is 9.46 Å². The summed E-state index contributed by atoms with van der Waals surface area (Å²) >= 11 is 0. The fourth-order valence-electron chi connectivity index (χ4n) is 3.41. The van der Waals surface area contributed by atoms with Gasteiger partial charge in [0.1, 0.15) is 10.6 Å². The molecule has 8 nitrogen and oxygen atoms in total. The SMILES string of the molecule is CCOc1ccc(NS(=O)(=O)c2c(C(=O)N3CCOCC3)c(C)n(C)c2C)cc1. The molecular formula is C20H27N3O5S. The van der Waals surface area contributed by atoms with Crippen molar-refractivity contribution < 1.29 is 22.7 Å². The molecule has 1 amide bonds. The first-order valence-electron chi connectivity index (χ1n) is 9.54. The molecule has 0 unspecified atom stereocenters. The largest absolute Gasteiger partial charge is 0.494 e. The monoisotopic (exact) mass is 421 g/mol. The predicted molar refractivity (Wildman–Crippen MR) is 110 cm³/mol. The van der Waals surface area contributed by atoms with Crippen LogP contribution in [0.25, 0.3) is 0 Å². The molecule has 1 aromatic heterocycles. The van der Waals surface area contributed by atoms with Crippen molar-refractivity contribution in [2.24, 2.45) is 7.05 Å². The Kier molecular flexibility index (Phi) is 6.18.